The molecule has 1 heterocycles. The molecule has 0 fully saturated rings. The maximum Gasteiger partial charge on any atom is 0.533 e. The van der Waals surface area contributed by atoms with Gasteiger partial charge in [0.15, 0.2) is 0 Å². The van der Waals surface area contributed by atoms with Gasteiger partial charge in [0.25, 0.3) is 0 Å². The van der Waals surface area contributed by atoms with Crippen LogP contribution in [0.15, 0.2) is 29.6 Å². The van der Waals surface area contributed by atoms with Crippen molar-refractivity contribution >= 4 is 34.3 Å². The van der Waals surface area contributed by atoms with Gasteiger partial charge in [-0.15, -0.1) is 11.3 Å². The molecule has 2 amide bonds. The van der Waals surface area contributed by atoms with Crippen LogP contribution in [0.4, 0.5) is 20.4 Å². The maximum absolute atomic E-state index is 12.1. The first-order valence-corrected chi connectivity index (χ1v) is 10.3. The topological polar surface area (TPSA) is 92.8 Å². The van der Waals surface area contributed by atoms with Gasteiger partial charge in [0.2, 0.25) is 5.13 Å². The predicted octanol–water partition coefficient (Wildman–Crippen LogP) is 5.35. The number of thiazole rings is 1. The van der Waals surface area contributed by atoms with E-state index in [1.807, 2.05) is 29.6 Å². The van der Waals surface area contributed by atoms with Gasteiger partial charge in [0.1, 0.15) is 5.60 Å². The van der Waals surface area contributed by atoms with Crippen LogP contribution in [0.5, 0.6) is 0 Å². The summed E-state index contributed by atoms with van der Waals surface area (Å²) in [4.78, 5) is 34.6. The van der Waals surface area contributed by atoms with Crippen molar-refractivity contribution in [2.24, 2.45) is 0 Å². The monoisotopic (exact) mass is 420 g/mol. The molecule has 0 bridgehead atoms. The molecule has 1 aromatic heterocycles. The van der Waals surface area contributed by atoms with Gasteiger partial charge in [-0.25, -0.2) is 14.6 Å². The third-order valence-electron chi connectivity index (χ3n) is 3.74. The predicted molar refractivity (Wildman–Crippen MR) is 115 cm³/mol. The molecule has 29 heavy (non-hydrogen) atoms. The summed E-state index contributed by atoms with van der Waals surface area (Å²) in [5.41, 5.74) is 4.18. The highest BCUT2D eigenvalue weighted by atomic mass is 32.1. The number of urea groups is 1. The molecule has 0 saturated carbocycles. The Kier molecular flexibility index (Phi) is 7.83. The molecule has 1 aromatic carbocycles. The molecule has 0 aliphatic rings. The lowest BCUT2D eigenvalue weighted by atomic mass is 10.1. The molecule has 0 saturated heterocycles. The second-order valence-corrected chi connectivity index (χ2v) is 8.35. The third-order valence-corrected chi connectivity index (χ3v) is 4.48. The number of hydrogen-bond donors (Lipinski definition) is 2. The zero-order valence-corrected chi connectivity index (χ0v) is 18.3. The van der Waals surface area contributed by atoms with E-state index in [1.165, 1.54) is 11.3 Å². The van der Waals surface area contributed by atoms with Crippen LogP contribution in [0.25, 0.3) is 11.3 Å². The molecular weight excluding hydrogens is 392 g/mol. The number of rotatable bonds is 7. The van der Waals surface area contributed by atoms with E-state index in [9.17, 15) is 9.59 Å². The summed E-state index contributed by atoms with van der Waals surface area (Å²) in [6, 6.07) is 7.25. The Balaban J connectivity index is 1.90. The zero-order chi connectivity index (χ0) is 21.4. The van der Waals surface area contributed by atoms with Crippen LogP contribution in [-0.4, -0.2) is 41.3 Å². The molecule has 0 aliphatic heterocycles. The molecule has 0 aliphatic carbocycles. The van der Waals surface area contributed by atoms with Gasteiger partial charge >= 0.3 is 12.2 Å². The smallest absolute Gasteiger partial charge is 0.427 e. The van der Waals surface area contributed by atoms with Gasteiger partial charge in [-0.2, -0.15) is 5.48 Å². The fourth-order valence-corrected chi connectivity index (χ4v) is 2.90. The van der Waals surface area contributed by atoms with Crippen molar-refractivity contribution in [3.63, 3.8) is 0 Å². The Labute approximate surface area is 175 Å². The fourth-order valence-electron chi connectivity index (χ4n) is 2.25. The van der Waals surface area contributed by atoms with Crippen molar-refractivity contribution < 1.29 is 19.2 Å². The lowest BCUT2D eigenvalue weighted by molar-refractivity contribution is 0.00298. The van der Waals surface area contributed by atoms with Gasteiger partial charge < -0.3 is 19.8 Å². The molecule has 8 nitrogen and oxygen atoms in total. The third kappa shape index (κ3) is 7.61. The number of unbranched alkanes of at least 4 members (excludes halogenated alkanes) is 1. The number of ether oxygens (including phenoxy) is 1. The average Bonchev–Trinajstić information content (AvgIpc) is 3.12. The maximum atomic E-state index is 12.1. The Hall–Kier alpha value is -2.81. The SMILES string of the molecule is CCCCN(C)C(=O)Nc1ccc(-c2csc(NOC(=O)OC(C)(C)C)n2)cc1. The van der Waals surface area contributed by atoms with Crippen LogP contribution in [0, 0.1) is 0 Å². The quantitative estimate of drug-likeness (QED) is 0.463. The van der Waals surface area contributed by atoms with Crippen molar-refractivity contribution in [3.8, 4) is 11.3 Å². The Morgan fingerprint density at radius 3 is 2.52 bits per heavy atom. The molecule has 0 radical (unpaired) electrons. The number of aromatic nitrogens is 1. The minimum Gasteiger partial charge on any atom is -0.427 e. The standard InChI is InChI=1S/C20H28N4O4S/c1-6-7-12-24(5)18(25)21-15-10-8-14(9-11-15)16-13-29-17(22-16)23-28-19(26)27-20(2,3)4/h8-11,13H,6-7,12H2,1-5H3,(H,21,25)(H,22,23). The van der Waals surface area contributed by atoms with E-state index < -0.39 is 11.8 Å². The normalized spacial score (nSPS) is 10.9. The van der Waals surface area contributed by atoms with Gasteiger partial charge in [-0.05, 0) is 39.3 Å². The van der Waals surface area contributed by atoms with Crippen LogP contribution in [-0.2, 0) is 9.57 Å². The fraction of sp³-hybridized carbons (Fsp3) is 0.450. The van der Waals surface area contributed by atoms with E-state index in [0.717, 1.165) is 30.6 Å². The Bertz CT molecular complexity index is 815. The lowest BCUT2D eigenvalue weighted by Gasteiger charge is -2.18. The van der Waals surface area contributed by atoms with Crippen molar-refractivity contribution in [1.82, 2.24) is 9.88 Å². The first kappa shape index (κ1) is 22.5. The number of anilines is 2. The molecule has 158 valence electrons. The zero-order valence-electron chi connectivity index (χ0n) is 17.4. The number of amides is 2. The molecule has 9 heteroatoms. The Morgan fingerprint density at radius 1 is 1.21 bits per heavy atom. The number of hydrogen-bond acceptors (Lipinski definition) is 7. The largest absolute Gasteiger partial charge is 0.533 e. The lowest BCUT2D eigenvalue weighted by Crippen LogP contribution is -2.32. The molecule has 0 spiro atoms. The molecule has 2 N–H and O–H groups in total. The first-order chi connectivity index (χ1) is 13.7. The van der Waals surface area contributed by atoms with Crippen molar-refractivity contribution in [2.75, 3.05) is 24.4 Å². The van der Waals surface area contributed by atoms with Gasteiger partial charge in [0, 0.05) is 30.2 Å². The first-order valence-electron chi connectivity index (χ1n) is 9.42. The minimum atomic E-state index is -0.821. The summed E-state index contributed by atoms with van der Waals surface area (Å²) in [5, 5.41) is 5.14. The minimum absolute atomic E-state index is 0.134. The highest BCUT2D eigenvalue weighted by Gasteiger charge is 2.18. The van der Waals surface area contributed by atoms with Crippen LogP contribution in [0.1, 0.15) is 40.5 Å². The van der Waals surface area contributed by atoms with E-state index in [1.54, 1.807) is 32.7 Å². The molecule has 0 atom stereocenters. The summed E-state index contributed by atoms with van der Waals surface area (Å²) in [7, 11) is 1.78. The summed E-state index contributed by atoms with van der Waals surface area (Å²) in [5.74, 6) is 0. The van der Waals surface area contributed by atoms with E-state index in [2.05, 4.69) is 22.7 Å². The molecule has 2 aromatic rings. The highest BCUT2D eigenvalue weighted by Crippen LogP contribution is 2.26. The van der Waals surface area contributed by atoms with E-state index in [4.69, 9.17) is 9.57 Å². The molecular formula is C20H28N4O4S. The van der Waals surface area contributed by atoms with Crippen LogP contribution >= 0.6 is 11.3 Å². The van der Waals surface area contributed by atoms with Crippen LogP contribution in [0.2, 0.25) is 0 Å². The van der Waals surface area contributed by atoms with Gasteiger partial charge in [0.05, 0.1) is 5.69 Å². The van der Waals surface area contributed by atoms with Crippen molar-refractivity contribution in [3.05, 3.63) is 29.6 Å². The van der Waals surface area contributed by atoms with Crippen LogP contribution in [0.3, 0.4) is 0 Å². The summed E-state index contributed by atoms with van der Waals surface area (Å²) in [6.07, 6.45) is 1.19. The summed E-state index contributed by atoms with van der Waals surface area (Å²) >= 11 is 1.30. The number of carbonyl (C=O) groups excluding carboxylic acids is 2. The number of nitrogens with zero attached hydrogens (tertiary/aromatic N) is 2. The van der Waals surface area contributed by atoms with E-state index in [-0.39, 0.29) is 6.03 Å². The van der Waals surface area contributed by atoms with Gasteiger partial charge in [-0.1, -0.05) is 25.5 Å². The number of carbonyl (C=O) groups is 2. The van der Waals surface area contributed by atoms with Crippen molar-refractivity contribution in [1.29, 1.82) is 0 Å². The van der Waals surface area contributed by atoms with E-state index in [0.29, 0.717) is 10.8 Å². The second-order valence-electron chi connectivity index (χ2n) is 7.49. The molecule has 2 rings (SSSR count). The molecule has 0 unspecified atom stereocenters. The number of benzene rings is 1. The second kappa shape index (κ2) is 10.1. The summed E-state index contributed by atoms with van der Waals surface area (Å²) in [6.45, 7) is 8.08. The van der Waals surface area contributed by atoms with Crippen molar-refractivity contribution in [2.45, 2.75) is 46.1 Å². The van der Waals surface area contributed by atoms with Crippen LogP contribution < -0.4 is 10.8 Å². The van der Waals surface area contributed by atoms with Gasteiger partial charge in [-0.3, -0.25) is 0 Å². The average molecular weight is 421 g/mol. The summed E-state index contributed by atoms with van der Waals surface area (Å²) < 4.78 is 5.05. The Morgan fingerprint density at radius 2 is 1.90 bits per heavy atom. The highest BCUT2D eigenvalue weighted by molar-refractivity contribution is 7.14. The number of nitrogens with one attached hydrogen (secondary N) is 2. The van der Waals surface area contributed by atoms with E-state index >= 15 is 0 Å².